The lowest BCUT2D eigenvalue weighted by Crippen LogP contribution is -1.96. The van der Waals surface area contributed by atoms with E-state index in [-0.39, 0.29) is 0 Å². The van der Waals surface area contributed by atoms with Crippen LogP contribution < -0.4 is 0 Å². The van der Waals surface area contributed by atoms with Gasteiger partial charge in [-0.15, -0.1) is 0 Å². The minimum Gasteiger partial charge on any atom is -0.252 e. The zero-order chi connectivity index (χ0) is 14.3. The fourth-order valence-electron chi connectivity index (χ4n) is 1.97. The third-order valence-corrected chi connectivity index (χ3v) is 2.77. The zero-order valence-electron chi connectivity index (χ0n) is 12.0. The maximum atomic E-state index is 4.65. The molecule has 0 radical (unpaired) electrons. The Morgan fingerprint density at radius 1 is 1.21 bits per heavy atom. The summed E-state index contributed by atoms with van der Waals surface area (Å²) in [6, 6.07) is 2.08. The van der Waals surface area contributed by atoms with E-state index in [2.05, 4.69) is 30.3 Å². The molecule has 98 valence electrons. The van der Waals surface area contributed by atoms with Crippen molar-refractivity contribution >= 4 is 17.7 Å². The van der Waals surface area contributed by atoms with Crippen LogP contribution >= 0.6 is 0 Å². The van der Waals surface area contributed by atoms with Crippen LogP contribution in [-0.4, -0.2) is 4.98 Å². The molecular formula is C18H21N. The topological polar surface area (TPSA) is 12.9 Å². The summed E-state index contributed by atoms with van der Waals surface area (Å²) in [6.45, 7) is 13.6. The van der Waals surface area contributed by atoms with Gasteiger partial charge in [0.05, 0.1) is 5.69 Å². The average Bonchev–Trinajstić information content (AvgIpc) is 2.38. The minimum atomic E-state index is 0.953. The van der Waals surface area contributed by atoms with Crippen LogP contribution in [0.25, 0.3) is 17.7 Å². The Kier molecular flexibility index (Phi) is 5.74. The Bertz CT molecular complexity index is 557. The van der Waals surface area contributed by atoms with Crippen molar-refractivity contribution in [1.82, 2.24) is 4.98 Å². The molecule has 1 aromatic heterocycles. The number of aromatic nitrogens is 1. The first-order valence-electron chi connectivity index (χ1n) is 6.40. The first-order valence-corrected chi connectivity index (χ1v) is 6.40. The second-order valence-corrected chi connectivity index (χ2v) is 4.16. The minimum absolute atomic E-state index is 0.953. The normalized spacial score (nSPS) is 12.3. The Balaban J connectivity index is 3.49. The monoisotopic (exact) mass is 251 g/mol. The number of allylic oxidation sites excluding steroid dienone is 6. The highest BCUT2D eigenvalue weighted by atomic mass is 14.7. The predicted octanol–water partition coefficient (Wildman–Crippen LogP) is 5.21. The molecular weight excluding hydrogens is 230 g/mol. The standard InChI is InChI=1S/C18H21N/c1-6-10-15(11-7-2)18-13-16(12-8-3)17(9-4)14(5)19-18/h6-13H,1,4H2,2-3,5H3/b11-7-,12-8-,15-10+. The van der Waals surface area contributed by atoms with Gasteiger partial charge in [0.1, 0.15) is 0 Å². The zero-order valence-corrected chi connectivity index (χ0v) is 12.0. The van der Waals surface area contributed by atoms with Crippen molar-refractivity contribution in [1.29, 1.82) is 0 Å². The van der Waals surface area contributed by atoms with E-state index in [1.165, 1.54) is 0 Å². The van der Waals surface area contributed by atoms with Crippen LogP contribution in [0.1, 0.15) is 36.4 Å². The van der Waals surface area contributed by atoms with Gasteiger partial charge in [-0.05, 0) is 38.0 Å². The molecule has 0 unspecified atom stereocenters. The summed E-state index contributed by atoms with van der Waals surface area (Å²) in [5.41, 5.74) is 5.22. The molecule has 0 aliphatic rings. The van der Waals surface area contributed by atoms with Crippen molar-refractivity contribution in [3.05, 3.63) is 72.1 Å². The first-order chi connectivity index (χ1) is 9.17. The SMILES string of the molecule is C=C/C=C(\C=C/C)c1cc(/C=C\C)c(C=C)c(C)n1. The Morgan fingerprint density at radius 3 is 2.47 bits per heavy atom. The molecule has 0 saturated heterocycles. The molecule has 1 rings (SSSR count). The molecule has 19 heavy (non-hydrogen) atoms. The van der Waals surface area contributed by atoms with Gasteiger partial charge in [-0.3, -0.25) is 4.98 Å². The summed E-state index contributed by atoms with van der Waals surface area (Å²) >= 11 is 0. The molecule has 1 heterocycles. The van der Waals surface area contributed by atoms with Gasteiger partial charge in [0.25, 0.3) is 0 Å². The van der Waals surface area contributed by atoms with E-state index in [1.54, 1.807) is 6.08 Å². The van der Waals surface area contributed by atoms with Gasteiger partial charge >= 0.3 is 0 Å². The van der Waals surface area contributed by atoms with E-state index >= 15 is 0 Å². The Labute approximate surface area is 116 Å². The molecule has 0 aromatic carbocycles. The summed E-state index contributed by atoms with van der Waals surface area (Å²) in [7, 11) is 0. The molecule has 0 spiro atoms. The van der Waals surface area contributed by atoms with Gasteiger partial charge < -0.3 is 0 Å². The quantitative estimate of drug-likeness (QED) is 0.654. The highest BCUT2D eigenvalue weighted by molar-refractivity contribution is 5.76. The second kappa shape index (κ2) is 7.32. The van der Waals surface area contributed by atoms with Gasteiger partial charge in [-0.1, -0.05) is 55.7 Å². The van der Waals surface area contributed by atoms with Gasteiger partial charge in [0, 0.05) is 11.3 Å². The third-order valence-electron chi connectivity index (χ3n) is 2.77. The summed E-state index contributed by atoms with van der Waals surface area (Å²) in [4.78, 5) is 4.65. The third kappa shape index (κ3) is 3.65. The number of nitrogens with zero attached hydrogens (tertiary/aromatic N) is 1. The summed E-state index contributed by atoms with van der Waals surface area (Å²) in [6.07, 6.45) is 13.7. The van der Waals surface area contributed by atoms with Crippen LogP contribution in [0.5, 0.6) is 0 Å². The lowest BCUT2D eigenvalue weighted by molar-refractivity contribution is 1.16. The average molecular weight is 251 g/mol. The predicted molar refractivity (Wildman–Crippen MR) is 86.8 cm³/mol. The van der Waals surface area contributed by atoms with E-state index in [9.17, 15) is 0 Å². The number of aryl methyl sites for hydroxylation is 1. The lowest BCUT2D eigenvalue weighted by Gasteiger charge is -2.10. The van der Waals surface area contributed by atoms with E-state index in [0.717, 1.165) is 28.1 Å². The van der Waals surface area contributed by atoms with Gasteiger partial charge in [0.2, 0.25) is 0 Å². The van der Waals surface area contributed by atoms with Crippen molar-refractivity contribution in [2.24, 2.45) is 0 Å². The van der Waals surface area contributed by atoms with E-state index in [4.69, 9.17) is 0 Å². The fraction of sp³-hybridized carbons (Fsp3) is 0.167. The number of pyridine rings is 1. The largest absolute Gasteiger partial charge is 0.252 e. The van der Waals surface area contributed by atoms with Crippen LogP contribution in [0.4, 0.5) is 0 Å². The molecule has 0 amide bonds. The van der Waals surface area contributed by atoms with Crippen molar-refractivity contribution in [3.8, 4) is 0 Å². The molecule has 0 bridgehead atoms. The molecule has 1 aromatic rings. The van der Waals surface area contributed by atoms with Crippen LogP contribution in [0.2, 0.25) is 0 Å². The molecule has 0 aliphatic carbocycles. The van der Waals surface area contributed by atoms with E-state index < -0.39 is 0 Å². The van der Waals surface area contributed by atoms with Crippen molar-refractivity contribution < 1.29 is 0 Å². The Hall–Kier alpha value is -2.15. The fourth-order valence-corrected chi connectivity index (χ4v) is 1.97. The van der Waals surface area contributed by atoms with Crippen LogP contribution in [0, 0.1) is 6.92 Å². The first kappa shape index (κ1) is 14.9. The molecule has 0 fully saturated rings. The molecule has 0 aliphatic heterocycles. The molecule has 1 nitrogen and oxygen atoms in total. The number of rotatable bonds is 5. The summed E-state index contributed by atoms with van der Waals surface area (Å²) in [5.74, 6) is 0. The summed E-state index contributed by atoms with van der Waals surface area (Å²) in [5, 5.41) is 0. The van der Waals surface area contributed by atoms with Crippen LogP contribution in [0.15, 0.2) is 49.6 Å². The van der Waals surface area contributed by atoms with Crippen molar-refractivity contribution in [2.75, 3.05) is 0 Å². The van der Waals surface area contributed by atoms with Crippen molar-refractivity contribution in [2.45, 2.75) is 20.8 Å². The number of hydrogen-bond acceptors (Lipinski definition) is 1. The van der Waals surface area contributed by atoms with Crippen molar-refractivity contribution in [3.63, 3.8) is 0 Å². The number of hydrogen-bond donors (Lipinski definition) is 0. The smallest absolute Gasteiger partial charge is 0.0711 e. The second-order valence-electron chi connectivity index (χ2n) is 4.16. The molecule has 0 atom stereocenters. The maximum absolute atomic E-state index is 4.65. The summed E-state index contributed by atoms with van der Waals surface area (Å²) < 4.78 is 0. The van der Waals surface area contributed by atoms with E-state index in [1.807, 2.05) is 51.2 Å². The maximum Gasteiger partial charge on any atom is 0.0711 e. The highest BCUT2D eigenvalue weighted by Gasteiger charge is 2.07. The van der Waals surface area contributed by atoms with Gasteiger partial charge in [-0.2, -0.15) is 0 Å². The van der Waals surface area contributed by atoms with E-state index in [0.29, 0.717) is 0 Å². The molecule has 0 N–H and O–H groups in total. The Morgan fingerprint density at radius 2 is 1.95 bits per heavy atom. The highest BCUT2D eigenvalue weighted by Crippen LogP contribution is 2.22. The van der Waals surface area contributed by atoms with Gasteiger partial charge in [-0.25, -0.2) is 0 Å². The lowest BCUT2D eigenvalue weighted by atomic mass is 10.0. The molecule has 0 saturated carbocycles. The van der Waals surface area contributed by atoms with Gasteiger partial charge in [0.15, 0.2) is 0 Å². The van der Waals surface area contributed by atoms with Crippen LogP contribution in [0.3, 0.4) is 0 Å². The molecule has 1 heteroatoms. The van der Waals surface area contributed by atoms with Crippen LogP contribution in [-0.2, 0) is 0 Å².